The molecule has 4 heteroatoms. The number of nitrogens with one attached hydrogen (secondary N) is 1. The van der Waals surface area contributed by atoms with Crippen molar-refractivity contribution in [3.63, 3.8) is 0 Å². The van der Waals surface area contributed by atoms with Gasteiger partial charge in [-0.2, -0.15) is 0 Å². The zero-order chi connectivity index (χ0) is 15.0. The molecule has 2 saturated carbocycles. The molecule has 0 aromatic rings. The first-order valence-electron chi connectivity index (χ1n) is 8.68. The van der Waals surface area contributed by atoms with Crippen molar-refractivity contribution in [3.8, 4) is 0 Å². The molecule has 2 unspecified atom stereocenters. The van der Waals surface area contributed by atoms with Crippen LogP contribution in [-0.2, 0) is 9.59 Å². The van der Waals surface area contributed by atoms with E-state index in [2.05, 4.69) is 5.32 Å². The zero-order valence-corrected chi connectivity index (χ0v) is 13.4. The summed E-state index contributed by atoms with van der Waals surface area (Å²) < 4.78 is 0. The molecule has 2 amide bonds. The minimum absolute atomic E-state index is 0.0894. The maximum absolute atomic E-state index is 13.0. The first-order chi connectivity index (χ1) is 10.0. The number of rotatable bonds is 4. The molecule has 0 aromatic heterocycles. The van der Waals surface area contributed by atoms with Gasteiger partial charge in [-0.05, 0) is 50.9 Å². The summed E-state index contributed by atoms with van der Waals surface area (Å²) in [5.74, 6) is 1.23. The van der Waals surface area contributed by atoms with Crippen molar-refractivity contribution < 1.29 is 9.59 Å². The molecule has 1 aliphatic heterocycles. The molecule has 0 radical (unpaired) electrons. The Hall–Kier alpha value is -1.06. The van der Waals surface area contributed by atoms with Crippen LogP contribution in [0.2, 0.25) is 0 Å². The van der Waals surface area contributed by atoms with E-state index in [1.807, 2.05) is 18.7 Å². The predicted molar refractivity (Wildman–Crippen MR) is 81.6 cm³/mol. The van der Waals surface area contributed by atoms with Crippen molar-refractivity contribution in [3.05, 3.63) is 0 Å². The molecule has 0 spiro atoms. The first kappa shape index (κ1) is 14.9. The maximum Gasteiger partial charge on any atom is 0.248 e. The largest absolute Gasteiger partial charge is 0.340 e. The van der Waals surface area contributed by atoms with E-state index < -0.39 is 5.54 Å². The minimum atomic E-state index is -0.697. The number of carbonyl (C=O) groups excluding carboxylic acids is 2. The highest BCUT2D eigenvalue weighted by Crippen LogP contribution is 2.37. The Morgan fingerprint density at radius 1 is 1.14 bits per heavy atom. The SMILES string of the molecule is CCC1(C)NC(=O)C(C2CCCCC2)N(CC2CC2)C1=O. The van der Waals surface area contributed by atoms with E-state index in [4.69, 9.17) is 0 Å². The monoisotopic (exact) mass is 292 g/mol. The van der Waals surface area contributed by atoms with Crippen molar-refractivity contribution in [1.82, 2.24) is 10.2 Å². The van der Waals surface area contributed by atoms with Crippen molar-refractivity contribution in [2.24, 2.45) is 11.8 Å². The van der Waals surface area contributed by atoms with Gasteiger partial charge in [0.15, 0.2) is 0 Å². The van der Waals surface area contributed by atoms with E-state index >= 15 is 0 Å². The van der Waals surface area contributed by atoms with E-state index in [-0.39, 0.29) is 17.9 Å². The minimum Gasteiger partial charge on any atom is -0.340 e. The molecule has 1 N–H and O–H groups in total. The Labute approximate surface area is 127 Å². The van der Waals surface area contributed by atoms with E-state index in [1.165, 1.54) is 32.1 Å². The quantitative estimate of drug-likeness (QED) is 0.865. The van der Waals surface area contributed by atoms with Gasteiger partial charge in [0, 0.05) is 6.54 Å². The Bertz CT molecular complexity index is 427. The van der Waals surface area contributed by atoms with E-state index in [0.29, 0.717) is 18.3 Å². The smallest absolute Gasteiger partial charge is 0.248 e. The number of carbonyl (C=O) groups is 2. The van der Waals surface area contributed by atoms with Crippen LogP contribution < -0.4 is 5.32 Å². The standard InChI is InChI=1S/C17H28N2O2/c1-3-17(2)16(21)19(11-12-9-10-12)14(15(20)18-17)13-7-5-4-6-8-13/h12-14H,3-11H2,1-2H3,(H,18,20). The molecule has 4 nitrogen and oxygen atoms in total. The fourth-order valence-electron chi connectivity index (χ4n) is 3.92. The van der Waals surface area contributed by atoms with Crippen LogP contribution in [0.1, 0.15) is 65.2 Å². The predicted octanol–water partition coefficient (Wildman–Crippen LogP) is 2.47. The fourth-order valence-corrected chi connectivity index (χ4v) is 3.92. The molecule has 1 saturated heterocycles. The lowest BCUT2D eigenvalue weighted by atomic mass is 9.79. The molecule has 3 fully saturated rings. The van der Waals surface area contributed by atoms with Crippen molar-refractivity contribution in [2.75, 3.05) is 6.54 Å². The lowest BCUT2D eigenvalue weighted by molar-refractivity contribution is -0.157. The maximum atomic E-state index is 13.0. The van der Waals surface area contributed by atoms with Crippen LogP contribution in [0.25, 0.3) is 0 Å². The molecule has 3 aliphatic rings. The summed E-state index contributed by atoms with van der Waals surface area (Å²) in [6, 6.07) is -0.210. The van der Waals surface area contributed by atoms with Gasteiger partial charge in [0.1, 0.15) is 11.6 Å². The summed E-state index contributed by atoms with van der Waals surface area (Å²) >= 11 is 0. The molecule has 21 heavy (non-hydrogen) atoms. The number of nitrogens with zero attached hydrogens (tertiary/aromatic N) is 1. The van der Waals surface area contributed by atoms with Crippen LogP contribution in [0.15, 0.2) is 0 Å². The van der Waals surface area contributed by atoms with Gasteiger partial charge in [-0.1, -0.05) is 26.2 Å². The van der Waals surface area contributed by atoms with Gasteiger partial charge >= 0.3 is 0 Å². The summed E-state index contributed by atoms with van der Waals surface area (Å²) in [5.41, 5.74) is -0.697. The molecule has 1 heterocycles. The normalized spacial score (nSPS) is 35.0. The second-order valence-electron chi connectivity index (χ2n) is 7.42. The van der Waals surface area contributed by atoms with Crippen LogP contribution in [0, 0.1) is 11.8 Å². The average molecular weight is 292 g/mol. The van der Waals surface area contributed by atoms with Gasteiger partial charge in [-0.25, -0.2) is 0 Å². The third-order valence-corrected chi connectivity index (χ3v) is 5.69. The van der Waals surface area contributed by atoms with Gasteiger partial charge < -0.3 is 10.2 Å². The third-order valence-electron chi connectivity index (χ3n) is 5.69. The highest BCUT2D eigenvalue weighted by Gasteiger charge is 2.50. The third kappa shape index (κ3) is 2.82. The Morgan fingerprint density at radius 3 is 2.38 bits per heavy atom. The molecule has 2 aliphatic carbocycles. The Morgan fingerprint density at radius 2 is 1.81 bits per heavy atom. The van der Waals surface area contributed by atoms with Crippen LogP contribution in [-0.4, -0.2) is 34.8 Å². The van der Waals surface area contributed by atoms with Gasteiger partial charge in [0.2, 0.25) is 11.8 Å². The molecule has 2 atom stereocenters. The summed E-state index contributed by atoms with van der Waals surface area (Å²) in [4.78, 5) is 27.6. The lowest BCUT2D eigenvalue weighted by Gasteiger charge is -2.47. The van der Waals surface area contributed by atoms with Gasteiger partial charge in [-0.3, -0.25) is 9.59 Å². The average Bonchev–Trinajstić information content (AvgIpc) is 3.29. The number of hydrogen-bond donors (Lipinski definition) is 1. The van der Waals surface area contributed by atoms with Crippen LogP contribution in [0.3, 0.4) is 0 Å². The number of hydrogen-bond acceptors (Lipinski definition) is 2. The summed E-state index contributed by atoms with van der Waals surface area (Å²) in [6.45, 7) is 4.65. The lowest BCUT2D eigenvalue weighted by Crippen LogP contribution is -2.70. The topological polar surface area (TPSA) is 49.4 Å². The summed E-state index contributed by atoms with van der Waals surface area (Å²) in [6.07, 6.45) is 8.95. The molecule has 0 bridgehead atoms. The molecule has 0 aromatic carbocycles. The zero-order valence-electron chi connectivity index (χ0n) is 13.4. The van der Waals surface area contributed by atoms with Gasteiger partial charge in [-0.15, -0.1) is 0 Å². The van der Waals surface area contributed by atoms with E-state index in [0.717, 1.165) is 19.4 Å². The number of piperazine rings is 1. The molecule has 118 valence electrons. The van der Waals surface area contributed by atoms with Gasteiger partial charge in [0.05, 0.1) is 0 Å². The fraction of sp³-hybridized carbons (Fsp3) is 0.882. The highest BCUT2D eigenvalue weighted by atomic mass is 16.2. The van der Waals surface area contributed by atoms with Crippen molar-refractivity contribution >= 4 is 11.8 Å². The Balaban J connectivity index is 1.84. The van der Waals surface area contributed by atoms with Crippen LogP contribution in [0.4, 0.5) is 0 Å². The van der Waals surface area contributed by atoms with Crippen LogP contribution >= 0.6 is 0 Å². The summed E-state index contributed by atoms with van der Waals surface area (Å²) in [7, 11) is 0. The van der Waals surface area contributed by atoms with Crippen molar-refractivity contribution in [2.45, 2.75) is 76.8 Å². The molecular formula is C17H28N2O2. The first-order valence-corrected chi connectivity index (χ1v) is 8.68. The molecule has 3 rings (SSSR count). The second-order valence-corrected chi connectivity index (χ2v) is 7.42. The van der Waals surface area contributed by atoms with Gasteiger partial charge in [0.25, 0.3) is 0 Å². The van der Waals surface area contributed by atoms with Crippen molar-refractivity contribution in [1.29, 1.82) is 0 Å². The number of amides is 2. The molecular weight excluding hydrogens is 264 g/mol. The highest BCUT2D eigenvalue weighted by molar-refractivity contribution is 5.99. The van der Waals surface area contributed by atoms with E-state index in [1.54, 1.807) is 0 Å². The second kappa shape index (κ2) is 5.62. The van der Waals surface area contributed by atoms with E-state index in [9.17, 15) is 9.59 Å². The van der Waals surface area contributed by atoms with Crippen LogP contribution in [0.5, 0.6) is 0 Å². The Kier molecular flexibility index (Phi) is 3.98. The summed E-state index contributed by atoms with van der Waals surface area (Å²) in [5, 5.41) is 3.03.